The predicted octanol–water partition coefficient (Wildman–Crippen LogP) is 16.4. The van der Waals surface area contributed by atoms with Crippen LogP contribution < -0.4 is 9.80 Å². The maximum Gasteiger partial charge on any atom is 0.0457 e. The summed E-state index contributed by atoms with van der Waals surface area (Å²) in [5, 5.41) is 0. The minimum atomic E-state index is 0.776. The highest BCUT2D eigenvalue weighted by Crippen LogP contribution is 2.47. The molecule has 0 spiro atoms. The van der Waals surface area contributed by atoms with E-state index in [2.05, 4.69) is 106 Å². The standard InChI is InChI=1S/C48H76Br2N2/c1-5-9-13-17-19-23-27-39(25-21-15-11-7-3)35-51-37-45(43-31-29-41(49)33-47(43)51)46-38-52(48-34-42(50)30-32-44(46)48)36-40(26-22-16-12-8-4)28-24-20-18-14-10-6-2/h29-34,39-40H,5-28,35-38H2,1-4H3/b46-45-. The van der Waals surface area contributed by atoms with Gasteiger partial charge in [0.2, 0.25) is 0 Å². The first-order valence-electron chi connectivity index (χ1n) is 22.3. The van der Waals surface area contributed by atoms with Gasteiger partial charge in [0, 0.05) is 57.6 Å². The van der Waals surface area contributed by atoms with Crippen molar-refractivity contribution in [3.8, 4) is 0 Å². The molecular weight excluding hydrogens is 764 g/mol. The number of halogens is 2. The van der Waals surface area contributed by atoms with E-state index in [4.69, 9.17) is 0 Å². The number of unbranched alkanes of at least 4 members (excludes halogenated alkanes) is 16. The van der Waals surface area contributed by atoms with Crippen LogP contribution in [-0.2, 0) is 0 Å². The van der Waals surface area contributed by atoms with E-state index in [9.17, 15) is 0 Å². The van der Waals surface area contributed by atoms with Crippen LogP contribution in [0.5, 0.6) is 0 Å². The molecule has 0 radical (unpaired) electrons. The molecular formula is C48H76Br2N2. The lowest BCUT2D eigenvalue weighted by molar-refractivity contribution is 0.405. The molecule has 2 aromatic rings. The third kappa shape index (κ3) is 14.1. The highest BCUT2D eigenvalue weighted by atomic mass is 79.9. The van der Waals surface area contributed by atoms with Gasteiger partial charge in [-0.2, -0.15) is 0 Å². The van der Waals surface area contributed by atoms with Crippen LogP contribution in [0.3, 0.4) is 0 Å². The summed E-state index contributed by atoms with van der Waals surface area (Å²) in [7, 11) is 0. The Morgan fingerprint density at radius 3 is 1.10 bits per heavy atom. The SMILES string of the molecule is CCCCCCCCC(CCCCCC)CN1C/C(=C2\CN(CC(CCCCCC)CCCCCCCC)c3cc(Br)ccc32)c2ccc(Br)cc21. The zero-order valence-electron chi connectivity index (χ0n) is 34.1. The van der Waals surface area contributed by atoms with Crippen molar-refractivity contribution in [1.29, 1.82) is 0 Å². The molecule has 0 bridgehead atoms. The summed E-state index contributed by atoms with van der Waals surface area (Å²) >= 11 is 7.75. The third-order valence-electron chi connectivity index (χ3n) is 12.1. The highest BCUT2D eigenvalue weighted by Gasteiger charge is 2.33. The third-order valence-corrected chi connectivity index (χ3v) is 13.1. The van der Waals surface area contributed by atoms with Gasteiger partial charge in [-0.25, -0.2) is 0 Å². The summed E-state index contributed by atoms with van der Waals surface area (Å²) in [4.78, 5) is 5.56. The predicted molar refractivity (Wildman–Crippen MR) is 240 cm³/mol. The molecule has 4 rings (SSSR count). The van der Waals surface area contributed by atoms with E-state index in [0.717, 1.165) is 24.9 Å². The van der Waals surface area contributed by atoms with Crippen molar-refractivity contribution in [3.05, 3.63) is 56.5 Å². The van der Waals surface area contributed by atoms with Crippen molar-refractivity contribution < 1.29 is 0 Å². The Labute approximate surface area is 338 Å². The second-order valence-electron chi connectivity index (χ2n) is 16.6. The van der Waals surface area contributed by atoms with Crippen molar-refractivity contribution in [2.45, 2.75) is 182 Å². The van der Waals surface area contributed by atoms with Gasteiger partial charge in [-0.3, -0.25) is 0 Å². The monoisotopic (exact) mass is 838 g/mol. The summed E-state index contributed by atoms with van der Waals surface area (Å²) in [6, 6.07) is 14.2. The summed E-state index contributed by atoms with van der Waals surface area (Å²) in [5.41, 5.74) is 9.00. The molecule has 2 aliphatic heterocycles. The molecule has 0 amide bonds. The van der Waals surface area contributed by atoms with E-state index in [1.165, 1.54) is 199 Å². The molecule has 0 N–H and O–H groups in total. The Morgan fingerprint density at radius 2 is 0.750 bits per heavy atom. The molecule has 4 heteroatoms. The summed E-state index contributed by atoms with van der Waals surface area (Å²) in [6.07, 6.45) is 33.2. The van der Waals surface area contributed by atoms with E-state index >= 15 is 0 Å². The van der Waals surface area contributed by atoms with E-state index < -0.39 is 0 Å². The Hall–Kier alpha value is -1.26. The summed E-state index contributed by atoms with van der Waals surface area (Å²) < 4.78 is 2.41. The van der Waals surface area contributed by atoms with Gasteiger partial charge in [-0.1, -0.05) is 200 Å². The fraction of sp³-hybridized carbons (Fsp3) is 0.708. The van der Waals surface area contributed by atoms with E-state index in [1.54, 1.807) is 11.1 Å². The second kappa shape index (κ2) is 25.0. The summed E-state index contributed by atoms with van der Waals surface area (Å²) in [5.74, 6) is 1.55. The number of anilines is 2. The first-order chi connectivity index (χ1) is 25.5. The van der Waals surface area contributed by atoms with Crippen molar-refractivity contribution in [1.82, 2.24) is 0 Å². The van der Waals surface area contributed by atoms with Gasteiger partial charge < -0.3 is 9.80 Å². The maximum absolute atomic E-state index is 3.88. The molecule has 0 saturated carbocycles. The van der Waals surface area contributed by atoms with E-state index in [1.807, 2.05) is 0 Å². The molecule has 0 aromatic heterocycles. The Balaban J connectivity index is 1.55. The van der Waals surface area contributed by atoms with Gasteiger partial charge in [0.05, 0.1) is 0 Å². The smallest absolute Gasteiger partial charge is 0.0457 e. The lowest BCUT2D eigenvalue weighted by atomic mass is 9.93. The number of fused-ring (bicyclic) bond motifs is 2. The molecule has 52 heavy (non-hydrogen) atoms. The average molecular weight is 841 g/mol. The van der Waals surface area contributed by atoms with Crippen LogP contribution in [0.25, 0.3) is 11.1 Å². The van der Waals surface area contributed by atoms with Crippen LogP contribution in [0.1, 0.15) is 193 Å². The molecule has 0 fully saturated rings. The van der Waals surface area contributed by atoms with E-state index in [0.29, 0.717) is 0 Å². The lowest BCUT2D eigenvalue weighted by Crippen LogP contribution is -2.29. The van der Waals surface area contributed by atoms with Crippen LogP contribution in [0.4, 0.5) is 11.4 Å². The average Bonchev–Trinajstić information content (AvgIpc) is 3.67. The summed E-state index contributed by atoms with van der Waals surface area (Å²) in [6.45, 7) is 13.8. The van der Waals surface area contributed by atoms with Gasteiger partial charge in [-0.15, -0.1) is 0 Å². The molecule has 0 aliphatic carbocycles. The number of rotatable bonds is 28. The van der Waals surface area contributed by atoms with Crippen LogP contribution >= 0.6 is 31.9 Å². The van der Waals surface area contributed by atoms with Crippen molar-refractivity contribution in [2.24, 2.45) is 11.8 Å². The lowest BCUT2D eigenvalue weighted by Gasteiger charge is -2.27. The zero-order valence-corrected chi connectivity index (χ0v) is 37.2. The molecule has 0 saturated heterocycles. The number of hydrogen-bond donors (Lipinski definition) is 0. The Kier molecular flexibility index (Phi) is 20.9. The Morgan fingerprint density at radius 1 is 0.442 bits per heavy atom. The zero-order chi connectivity index (χ0) is 37.0. The largest absolute Gasteiger partial charge is 0.366 e. The van der Waals surface area contributed by atoms with Crippen LogP contribution in [0, 0.1) is 11.8 Å². The molecule has 2 aliphatic rings. The van der Waals surface area contributed by atoms with Crippen LogP contribution in [0.15, 0.2) is 45.3 Å². The number of nitrogens with zero attached hydrogens (tertiary/aromatic N) is 2. The maximum atomic E-state index is 3.88. The molecule has 292 valence electrons. The minimum Gasteiger partial charge on any atom is -0.366 e. The molecule has 2 heterocycles. The molecule has 2 nitrogen and oxygen atoms in total. The van der Waals surface area contributed by atoms with Crippen molar-refractivity contribution >= 4 is 54.4 Å². The molecule has 2 atom stereocenters. The fourth-order valence-corrected chi connectivity index (χ4v) is 9.73. The second-order valence-corrected chi connectivity index (χ2v) is 18.4. The fourth-order valence-electron chi connectivity index (χ4n) is 9.03. The number of benzene rings is 2. The van der Waals surface area contributed by atoms with Gasteiger partial charge >= 0.3 is 0 Å². The highest BCUT2D eigenvalue weighted by molar-refractivity contribution is 9.10. The normalized spacial score (nSPS) is 16.5. The van der Waals surface area contributed by atoms with Gasteiger partial charge in [0.1, 0.15) is 0 Å². The Bertz CT molecular complexity index is 1220. The van der Waals surface area contributed by atoms with Crippen LogP contribution in [-0.4, -0.2) is 26.2 Å². The first-order valence-corrected chi connectivity index (χ1v) is 23.9. The topological polar surface area (TPSA) is 6.48 Å². The van der Waals surface area contributed by atoms with Gasteiger partial charge in [0.25, 0.3) is 0 Å². The minimum absolute atomic E-state index is 0.776. The van der Waals surface area contributed by atoms with Crippen LogP contribution in [0.2, 0.25) is 0 Å². The van der Waals surface area contributed by atoms with E-state index in [-0.39, 0.29) is 0 Å². The van der Waals surface area contributed by atoms with Crippen molar-refractivity contribution in [2.75, 3.05) is 36.0 Å². The number of hydrogen-bond acceptors (Lipinski definition) is 2. The van der Waals surface area contributed by atoms with Gasteiger partial charge in [0.15, 0.2) is 0 Å². The first kappa shape index (κ1) is 43.5. The van der Waals surface area contributed by atoms with Gasteiger partial charge in [-0.05, 0) is 72.9 Å². The van der Waals surface area contributed by atoms with Crippen molar-refractivity contribution in [3.63, 3.8) is 0 Å². The molecule has 2 aromatic carbocycles. The molecule has 2 unspecified atom stereocenters. The quantitative estimate of drug-likeness (QED) is 0.0788.